The zero-order valence-corrected chi connectivity index (χ0v) is 25.6. The molecule has 0 radical (unpaired) electrons. The lowest BCUT2D eigenvalue weighted by Gasteiger charge is -2.31. The quantitative estimate of drug-likeness (QED) is 0.332. The number of carbonyl (C=O) groups excluding carboxylic acids is 2. The number of nitrogens with zero attached hydrogens (tertiary/aromatic N) is 1. The first-order chi connectivity index (χ1) is 20.3. The van der Waals surface area contributed by atoms with Crippen LogP contribution in [0.25, 0.3) is 0 Å². The van der Waals surface area contributed by atoms with E-state index in [9.17, 15) is 22.8 Å². The molecule has 0 unspecified atom stereocenters. The molecule has 2 aliphatic rings. The lowest BCUT2D eigenvalue weighted by atomic mass is 9.75. The van der Waals surface area contributed by atoms with Crippen LogP contribution < -0.4 is 10.1 Å². The van der Waals surface area contributed by atoms with Gasteiger partial charge >= 0.3 is 18.2 Å². The summed E-state index contributed by atoms with van der Waals surface area (Å²) in [6.07, 6.45) is -1.79. The monoisotopic (exact) mass is 604 g/mol. The number of likely N-dealkylation sites (tertiary alicyclic amines) is 1. The van der Waals surface area contributed by atoms with Gasteiger partial charge in [-0.25, -0.2) is 9.59 Å². The molecule has 0 bridgehead atoms. The summed E-state index contributed by atoms with van der Waals surface area (Å²) in [5, 5.41) is 3.22. The van der Waals surface area contributed by atoms with Crippen molar-refractivity contribution in [2.75, 3.05) is 20.7 Å². The average Bonchev–Trinajstić information content (AvgIpc) is 3.36. The molecule has 1 saturated carbocycles. The lowest BCUT2D eigenvalue weighted by molar-refractivity contribution is -0.145. The average molecular weight is 605 g/mol. The minimum absolute atomic E-state index is 0.0457. The van der Waals surface area contributed by atoms with E-state index in [1.165, 1.54) is 35.3 Å². The van der Waals surface area contributed by atoms with Crippen molar-refractivity contribution >= 4 is 12.1 Å². The van der Waals surface area contributed by atoms with Gasteiger partial charge in [0.15, 0.2) is 0 Å². The van der Waals surface area contributed by atoms with Crippen LogP contribution in [0.3, 0.4) is 0 Å². The molecule has 43 heavy (non-hydrogen) atoms. The minimum atomic E-state index is -4.49. The van der Waals surface area contributed by atoms with Crippen LogP contribution in [-0.4, -0.2) is 55.4 Å². The van der Waals surface area contributed by atoms with Crippen molar-refractivity contribution in [1.29, 1.82) is 0 Å². The Hall–Kier alpha value is -3.27. The highest BCUT2D eigenvalue weighted by Crippen LogP contribution is 2.41. The predicted molar refractivity (Wildman–Crippen MR) is 157 cm³/mol. The largest absolute Gasteiger partial charge is 0.488 e. The van der Waals surface area contributed by atoms with Crippen molar-refractivity contribution in [1.82, 2.24) is 10.2 Å². The van der Waals surface area contributed by atoms with Gasteiger partial charge < -0.3 is 19.5 Å². The molecular formula is C33H43F3N2O5. The molecule has 1 saturated heterocycles. The van der Waals surface area contributed by atoms with Crippen LogP contribution in [0.5, 0.6) is 5.75 Å². The van der Waals surface area contributed by atoms with Gasteiger partial charge in [0.1, 0.15) is 23.5 Å². The standard InChI is InChI=1S/C33H43F3N2O5/c1-32(2,3)43-31(40)38-20-26(18-29(38)30(39)41-5)42-25-14-15-28(33(34,35)36)24(17-25)16-21-10-12-22(13-11-21)27-9-7-6-8-23(27)19-37-4/h6-9,14-15,17,21-22,26,29,37H,10-13,16,18-20H2,1-5H3/t21?,22?,26-,29-/m0/s1. The fourth-order valence-corrected chi connectivity index (χ4v) is 6.32. The van der Waals surface area contributed by atoms with E-state index in [2.05, 4.69) is 17.4 Å². The molecule has 1 aliphatic heterocycles. The Balaban J connectivity index is 1.47. The maximum absolute atomic E-state index is 14.0. The van der Waals surface area contributed by atoms with Crippen LogP contribution in [0.4, 0.5) is 18.0 Å². The number of esters is 1. The fourth-order valence-electron chi connectivity index (χ4n) is 6.32. The number of hydrogen-bond acceptors (Lipinski definition) is 6. The van der Waals surface area contributed by atoms with Crippen LogP contribution in [-0.2, 0) is 33.4 Å². The van der Waals surface area contributed by atoms with E-state index < -0.39 is 41.5 Å². The smallest absolute Gasteiger partial charge is 0.416 e. The van der Waals surface area contributed by atoms with E-state index in [1.807, 2.05) is 19.2 Å². The number of halogens is 3. The second kappa shape index (κ2) is 13.6. The molecule has 7 nitrogen and oxygen atoms in total. The van der Waals surface area contributed by atoms with Crippen LogP contribution >= 0.6 is 0 Å². The van der Waals surface area contributed by atoms with Gasteiger partial charge in [0.2, 0.25) is 0 Å². The van der Waals surface area contributed by atoms with Gasteiger partial charge in [0.05, 0.1) is 19.2 Å². The molecule has 2 atom stereocenters. The van der Waals surface area contributed by atoms with Gasteiger partial charge in [-0.1, -0.05) is 24.3 Å². The number of alkyl halides is 3. The highest BCUT2D eigenvalue weighted by molar-refractivity contribution is 5.82. The van der Waals surface area contributed by atoms with Crippen molar-refractivity contribution in [2.24, 2.45) is 5.92 Å². The van der Waals surface area contributed by atoms with E-state index in [4.69, 9.17) is 14.2 Å². The van der Waals surface area contributed by atoms with E-state index >= 15 is 0 Å². The zero-order chi connectivity index (χ0) is 31.4. The summed E-state index contributed by atoms with van der Waals surface area (Å²) in [7, 11) is 3.16. The van der Waals surface area contributed by atoms with Crippen molar-refractivity contribution in [3.63, 3.8) is 0 Å². The second-order valence-electron chi connectivity index (χ2n) is 12.6. The van der Waals surface area contributed by atoms with E-state index in [0.717, 1.165) is 38.3 Å². The molecule has 10 heteroatoms. The van der Waals surface area contributed by atoms with Crippen molar-refractivity contribution in [2.45, 2.75) is 95.7 Å². The van der Waals surface area contributed by atoms with Gasteiger partial charge in [0.25, 0.3) is 0 Å². The molecule has 236 valence electrons. The van der Waals surface area contributed by atoms with E-state index in [0.29, 0.717) is 12.3 Å². The van der Waals surface area contributed by atoms with Gasteiger partial charge in [-0.15, -0.1) is 0 Å². The fraction of sp³-hybridized carbons (Fsp3) is 0.576. The minimum Gasteiger partial charge on any atom is -0.488 e. The van der Waals surface area contributed by atoms with E-state index in [1.54, 1.807) is 20.8 Å². The summed E-state index contributed by atoms with van der Waals surface area (Å²) >= 11 is 0. The Morgan fingerprint density at radius 3 is 2.33 bits per heavy atom. The van der Waals surface area contributed by atoms with Gasteiger partial charge in [0, 0.05) is 13.0 Å². The topological polar surface area (TPSA) is 77.1 Å². The summed E-state index contributed by atoms with van der Waals surface area (Å²) in [6.45, 7) is 6.00. The molecule has 2 aromatic rings. The Morgan fingerprint density at radius 1 is 1.00 bits per heavy atom. The Morgan fingerprint density at radius 2 is 1.70 bits per heavy atom. The lowest BCUT2D eigenvalue weighted by Crippen LogP contribution is -2.44. The van der Waals surface area contributed by atoms with Gasteiger partial charge in [-0.05, 0) is 107 Å². The molecule has 2 aromatic carbocycles. The molecule has 4 rings (SSSR count). The Kier molecular flexibility index (Phi) is 10.3. The molecular weight excluding hydrogens is 561 g/mol. The Bertz CT molecular complexity index is 1270. The maximum Gasteiger partial charge on any atom is 0.416 e. The highest BCUT2D eigenvalue weighted by atomic mass is 19.4. The number of amides is 1. The SMILES string of the molecule is CNCc1ccccc1C1CCC(Cc2cc(O[C@H]3C[C@@H](C(=O)OC)N(C(=O)OC(C)(C)C)C3)ccc2C(F)(F)F)CC1. The summed E-state index contributed by atoms with van der Waals surface area (Å²) in [6, 6.07) is 11.3. The van der Waals surface area contributed by atoms with E-state index in [-0.39, 0.29) is 30.2 Å². The molecule has 0 aromatic heterocycles. The number of rotatable bonds is 8. The molecule has 1 aliphatic carbocycles. The van der Waals surface area contributed by atoms with Crippen LogP contribution in [0.1, 0.15) is 81.0 Å². The summed E-state index contributed by atoms with van der Waals surface area (Å²) in [5.41, 5.74) is 1.37. The van der Waals surface area contributed by atoms with Gasteiger partial charge in [-0.2, -0.15) is 13.2 Å². The van der Waals surface area contributed by atoms with Crippen molar-refractivity contribution in [3.8, 4) is 5.75 Å². The number of benzene rings is 2. The van der Waals surface area contributed by atoms with Crippen molar-refractivity contribution in [3.05, 3.63) is 64.7 Å². The first-order valence-corrected chi connectivity index (χ1v) is 15.0. The zero-order valence-electron chi connectivity index (χ0n) is 25.6. The molecule has 1 heterocycles. The molecule has 1 N–H and O–H groups in total. The van der Waals surface area contributed by atoms with Crippen LogP contribution in [0.15, 0.2) is 42.5 Å². The van der Waals surface area contributed by atoms with Crippen LogP contribution in [0.2, 0.25) is 0 Å². The predicted octanol–water partition coefficient (Wildman–Crippen LogP) is 6.87. The Labute approximate surface area is 252 Å². The molecule has 1 amide bonds. The third-order valence-corrected chi connectivity index (χ3v) is 8.27. The first-order valence-electron chi connectivity index (χ1n) is 15.0. The number of ether oxygens (including phenoxy) is 3. The summed E-state index contributed by atoms with van der Waals surface area (Å²) < 4.78 is 58.5. The van der Waals surface area contributed by atoms with Crippen molar-refractivity contribution < 1.29 is 37.0 Å². The summed E-state index contributed by atoms with van der Waals surface area (Å²) in [5.74, 6) is 0.198. The highest BCUT2D eigenvalue weighted by Gasteiger charge is 2.43. The van der Waals surface area contributed by atoms with Gasteiger partial charge in [-0.3, -0.25) is 4.90 Å². The number of nitrogens with one attached hydrogen (secondary N) is 1. The first kappa shape index (κ1) is 32.6. The number of carbonyl (C=O) groups is 2. The van der Waals surface area contributed by atoms with Crippen LogP contribution in [0, 0.1) is 5.92 Å². The number of methoxy groups -OCH3 is 1. The third-order valence-electron chi connectivity index (χ3n) is 8.27. The molecule has 0 spiro atoms. The normalized spacial score (nSPS) is 22.7. The summed E-state index contributed by atoms with van der Waals surface area (Å²) in [4.78, 5) is 26.5. The third kappa shape index (κ3) is 8.43. The number of hydrogen-bond donors (Lipinski definition) is 1. The molecule has 2 fully saturated rings. The maximum atomic E-state index is 14.0. The second-order valence-corrected chi connectivity index (χ2v) is 12.6.